The van der Waals surface area contributed by atoms with Crippen LogP contribution in [0.4, 0.5) is 0 Å². The van der Waals surface area contributed by atoms with E-state index in [-0.39, 0.29) is 0 Å². The van der Waals surface area contributed by atoms with Gasteiger partial charge in [0, 0.05) is 42.1 Å². The highest BCUT2D eigenvalue weighted by Gasteiger charge is 2.24. The van der Waals surface area contributed by atoms with E-state index in [9.17, 15) is 0 Å². The highest BCUT2D eigenvalue weighted by molar-refractivity contribution is 7.25. The van der Waals surface area contributed by atoms with Crippen molar-refractivity contribution >= 4 is 53.3 Å². The van der Waals surface area contributed by atoms with Crippen LogP contribution in [0.3, 0.4) is 0 Å². The van der Waals surface area contributed by atoms with E-state index in [0.717, 1.165) is 28.6 Å². The largest absolute Gasteiger partial charge is 0.278 e. The van der Waals surface area contributed by atoms with Crippen LogP contribution in [0.25, 0.3) is 81.8 Å². The molecule has 0 saturated heterocycles. The molecule has 0 radical (unpaired) electrons. The Hall–Kier alpha value is -5.65. The van der Waals surface area contributed by atoms with Gasteiger partial charge in [0.2, 0.25) is 5.95 Å². The summed E-state index contributed by atoms with van der Waals surface area (Å²) < 4.78 is 4.78. The average Bonchev–Trinajstić information content (AvgIpc) is 3.76. The van der Waals surface area contributed by atoms with Gasteiger partial charge in [-0.2, -0.15) is 9.97 Å². The zero-order valence-corrected chi connectivity index (χ0v) is 24.9. The smallest absolute Gasteiger partial charge is 0.238 e. The molecule has 5 heteroatoms. The Labute approximate surface area is 262 Å². The molecule has 210 valence electrons. The Kier molecular flexibility index (Phi) is 5.18. The standard InChI is InChI=1S/C40H24N4S/c1-2-11-24(12-3-1)38-41-39(30-18-10-17-27-26-14-5-4-13-25(26)21-31(27)30)43-40(42-38)44-34-19-8-6-15-28(34)32-22-33-29-16-7-9-20-36(29)45-37(33)23-35(32)44/h1-20,22-23H,21H2. The van der Waals surface area contributed by atoms with Crippen LogP contribution in [0.1, 0.15) is 11.1 Å². The van der Waals surface area contributed by atoms with E-state index >= 15 is 0 Å². The molecule has 1 aliphatic carbocycles. The third kappa shape index (κ3) is 3.68. The third-order valence-electron chi connectivity index (χ3n) is 9.12. The molecule has 0 fully saturated rings. The molecular weight excluding hydrogens is 569 g/mol. The van der Waals surface area contributed by atoms with Crippen LogP contribution in [0.5, 0.6) is 0 Å². The molecule has 0 N–H and O–H groups in total. The van der Waals surface area contributed by atoms with Gasteiger partial charge in [0.05, 0.1) is 11.0 Å². The molecule has 0 saturated carbocycles. The van der Waals surface area contributed by atoms with Crippen molar-refractivity contribution in [2.24, 2.45) is 0 Å². The molecule has 0 spiro atoms. The van der Waals surface area contributed by atoms with Crippen molar-refractivity contribution in [1.29, 1.82) is 0 Å². The second-order valence-corrected chi connectivity index (χ2v) is 12.7. The molecule has 9 aromatic rings. The maximum atomic E-state index is 5.28. The van der Waals surface area contributed by atoms with E-state index in [0.29, 0.717) is 17.6 Å². The number of aromatic nitrogens is 4. The number of nitrogens with zero attached hydrogens (tertiary/aromatic N) is 4. The summed E-state index contributed by atoms with van der Waals surface area (Å²) in [6, 6.07) is 47.3. The van der Waals surface area contributed by atoms with Crippen LogP contribution >= 0.6 is 11.3 Å². The summed E-state index contributed by atoms with van der Waals surface area (Å²) in [5.74, 6) is 1.98. The highest BCUT2D eigenvalue weighted by atomic mass is 32.1. The lowest BCUT2D eigenvalue weighted by Gasteiger charge is -2.13. The number of hydrogen-bond acceptors (Lipinski definition) is 4. The van der Waals surface area contributed by atoms with Crippen LogP contribution in [0.2, 0.25) is 0 Å². The minimum absolute atomic E-state index is 0.624. The normalized spacial score (nSPS) is 12.4. The monoisotopic (exact) mass is 592 g/mol. The third-order valence-corrected chi connectivity index (χ3v) is 10.3. The lowest BCUT2D eigenvalue weighted by molar-refractivity contribution is 0.952. The summed E-state index contributed by atoms with van der Waals surface area (Å²) in [5, 5.41) is 4.96. The first-order chi connectivity index (χ1) is 22.3. The topological polar surface area (TPSA) is 43.6 Å². The van der Waals surface area contributed by atoms with E-state index in [4.69, 9.17) is 15.0 Å². The van der Waals surface area contributed by atoms with Gasteiger partial charge in [-0.15, -0.1) is 11.3 Å². The maximum absolute atomic E-state index is 5.28. The first kappa shape index (κ1) is 24.8. The van der Waals surface area contributed by atoms with Gasteiger partial charge in [0.1, 0.15) is 0 Å². The van der Waals surface area contributed by atoms with Crippen LogP contribution in [0, 0.1) is 0 Å². The Bertz CT molecular complexity index is 2630. The summed E-state index contributed by atoms with van der Waals surface area (Å²) >= 11 is 1.83. The van der Waals surface area contributed by atoms with Gasteiger partial charge >= 0.3 is 0 Å². The summed E-state index contributed by atoms with van der Waals surface area (Å²) in [4.78, 5) is 15.6. The lowest BCUT2D eigenvalue weighted by Crippen LogP contribution is -2.07. The minimum Gasteiger partial charge on any atom is -0.278 e. The molecule has 0 aliphatic heterocycles. The van der Waals surface area contributed by atoms with Gasteiger partial charge < -0.3 is 0 Å². The first-order valence-electron chi connectivity index (χ1n) is 15.2. The maximum Gasteiger partial charge on any atom is 0.238 e. The summed E-state index contributed by atoms with van der Waals surface area (Å²) in [7, 11) is 0. The van der Waals surface area contributed by atoms with Gasteiger partial charge in [-0.1, -0.05) is 109 Å². The number of para-hydroxylation sites is 1. The van der Waals surface area contributed by atoms with Crippen molar-refractivity contribution in [2.75, 3.05) is 0 Å². The van der Waals surface area contributed by atoms with E-state index in [2.05, 4.69) is 120 Å². The van der Waals surface area contributed by atoms with Crippen molar-refractivity contribution in [2.45, 2.75) is 6.42 Å². The van der Waals surface area contributed by atoms with Gasteiger partial charge in [0.15, 0.2) is 11.6 Å². The molecule has 0 amide bonds. The molecule has 4 nitrogen and oxygen atoms in total. The predicted molar refractivity (Wildman–Crippen MR) is 186 cm³/mol. The zero-order chi connectivity index (χ0) is 29.5. The van der Waals surface area contributed by atoms with Gasteiger partial charge in [0.25, 0.3) is 0 Å². The van der Waals surface area contributed by atoms with Crippen LogP contribution in [-0.2, 0) is 6.42 Å². The number of thiophene rings is 1. The number of rotatable bonds is 3. The molecule has 6 aromatic carbocycles. The molecule has 45 heavy (non-hydrogen) atoms. The molecular formula is C40H24N4S. The lowest BCUT2D eigenvalue weighted by atomic mass is 10.0. The fraction of sp³-hybridized carbons (Fsp3) is 0.0250. The van der Waals surface area contributed by atoms with E-state index in [1.807, 2.05) is 29.5 Å². The van der Waals surface area contributed by atoms with Gasteiger partial charge in [-0.25, -0.2) is 4.98 Å². The Morgan fingerprint density at radius 3 is 2.16 bits per heavy atom. The van der Waals surface area contributed by atoms with Crippen molar-refractivity contribution < 1.29 is 0 Å². The van der Waals surface area contributed by atoms with E-state index < -0.39 is 0 Å². The van der Waals surface area contributed by atoms with Crippen LogP contribution < -0.4 is 0 Å². The van der Waals surface area contributed by atoms with Gasteiger partial charge in [-0.3, -0.25) is 4.57 Å². The van der Waals surface area contributed by atoms with Crippen molar-refractivity contribution in [3.8, 4) is 39.9 Å². The second-order valence-electron chi connectivity index (χ2n) is 11.6. The summed E-state index contributed by atoms with van der Waals surface area (Å²) in [6.45, 7) is 0. The number of fused-ring (bicyclic) bond motifs is 9. The zero-order valence-electron chi connectivity index (χ0n) is 24.1. The van der Waals surface area contributed by atoms with Gasteiger partial charge in [-0.05, 0) is 52.9 Å². The Balaban J connectivity index is 1.28. The quantitative estimate of drug-likeness (QED) is 0.205. The first-order valence-corrected chi connectivity index (χ1v) is 16.0. The van der Waals surface area contributed by atoms with E-state index in [1.54, 1.807) is 0 Å². The van der Waals surface area contributed by atoms with Crippen LogP contribution in [-0.4, -0.2) is 19.5 Å². The molecule has 0 bridgehead atoms. The average molecular weight is 593 g/mol. The molecule has 10 rings (SSSR count). The second kappa shape index (κ2) is 9.42. The summed E-state index contributed by atoms with van der Waals surface area (Å²) in [5.41, 5.74) is 9.35. The van der Waals surface area contributed by atoms with E-state index in [1.165, 1.54) is 53.2 Å². The SMILES string of the molecule is c1ccc(-c2nc(-c3cccc4c3Cc3ccccc3-4)nc(-n3c4ccccc4c4cc5c(cc43)sc3ccccc35)n2)cc1. The molecule has 0 atom stereocenters. The number of hydrogen-bond donors (Lipinski definition) is 0. The van der Waals surface area contributed by atoms with Crippen molar-refractivity contribution in [3.05, 3.63) is 145 Å². The fourth-order valence-corrected chi connectivity index (χ4v) is 8.19. The van der Waals surface area contributed by atoms with Crippen molar-refractivity contribution in [1.82, 2.24) is 19.5 Å². The number of benzene rings is 6. The fourth-order valence-electron chi connectivity index (χ4n) is 7.07. The predicted octanol–water partition coefficient (Wildman–Crippen LogP) is 10.2. The minimum atomic E-state index is 0.624. The Morgan fingerprint density at radius 2 is 1.22 bits per heavy atom. The molecule has 3 aromatic heterocycles. The molecule has 3 heterocycles. The highest BCUT2D eigenvalue weighted by Crippen LogP contribution is 2.43. The van der Waals surface area contributed by atoms with Crippen LogP contribution in [0.15, 0.2) is 133 Å². The molecule has 0 unspecified atom stereocenters. The molecule has 1 aliphatic rings. The summed E-state index contributed by atoms with van der Waals surface area (Å²) in [6.07, 6.45) is 0.864. The van der Waals surface area contributed by atoms with Crippen molar-refractivity contribution in [3.63, 3.8) is 0 Å². The Morgan fingerprint density at radius 1 is 0.489 bits per heavy atom.